The second kappa shape index (κ2) is 10.6. The zero-order chi connectivity index (χ0) is 23.4. The Bertz CT molecular complexity index is 962. The first-order valence-electron chi connectivity index (χ1n) is 10.9. The van der Waals surface area contributed by atoms with E-state index in [0.717, 1.165) is 29.1 Å². The smallest absolute Gasteiger partial charge is 0.251 e. The molecule has 0 bridgehead atoms. The van der Waals surface area contributed by atoms with Crippen LogP contribution in [0.1, 0.15) is 41.0 Å². The number of hydrogen-bond donors (Lipinski definition) is 1. The lowest BCUT2D eigenvalue weighted by molar-refractivity contribution is 0.0449. The minimum atomic E-state index is -0.198. The Kier molecular flexibility index (Phi) is 8.03. The Morgan fingerprint density at radius 1 is 1.34 bits per heavy atom. The molecule has 32 heavy (non-hydrogen) atoms. The van der Waals surface area contributed by atoms with Crippen molar-refractivity contribution in [1.82, 2.24) is 15.1 Å². The lowest BCUT2D eigenvalue weighted by Crippen LogP contribution is -2.45. The van der Waals surface area contributed by atoms with E-state index in [2.05, 4.69) is 22.2 Å². The molecule has 2 atom stereocenters. The van der Waals surface area contributed by atoms with Gasteiger partial charge in [0.25, 0.3) is 5.91 Å². The number of anilines is 1. The first kappa shape index (κ1) is 24.4. The fourth-order valence-electron chi connectivity index (χ4n) is 4.37. The molecule has 2 aromatic rings. The van der Waals surface area contributed by atoms with Crippen molar-refractivity contribution in [3.05, 3.63) is 39.5 Å². The van der Waals surface area contributed by atoms with Gasteiger partial charge in [-0.05, 0) is 45.4 Å². The molecule has 0 spiro atoms. The molecule has 1 saturated heterocycles. The van der Waals surface area contributed by atoms with Crippen LogP contribution in [0.3, 0.4) is 0 Å². The van der Waals surface area contributed by atoms with Gasteiger partial charge < -0.3 is 24.4 Å². The van der Waals surface area contributed by atoms with Crippen molar-refractivity contribution in [2.75, 3.05) is 38.4 Å². The maximum Gasteiger partial charge on any atom is 0.251 e. The summed E-state index contributed by atoms with van der Waals surface area (Å²) in [6.07, 6.45) is -0.0170. The van der Waals surface area contributed by atoms with Gasteiger partial charge in [0.2, 0.25) is 5.88 Å². The Balaban J connectivity index is 1.86. The first-order chi connectivity index (χ1) is 15.3. The van der Waals surface area contributed by atoms with Crippen molar-refractivity contribution in [3.8, 4) is 5.88 Å². The molecule has 0 radical (unpaired) electrons. The van der Waals surface area contributed by atoms with Crippen LogP contribution >= 0.6 is 11.6 Å². The van der Waals surface area contributed by atoms with Gasteiger partial charge in [0.15, 0.2) is 0 Å². The Morgan fingerprint density at radius 2 is 2.09 bits per heavy atom. The Hall–Kier alpha value is -2.29. The van der Waals surface area contributed by atoms with E-state index in [1.165, 1.54) is 0 Å². The predicted octanol–water partition coefficient (Wildman–Crippen LogP) is 3.26. The van der Waals surface area contributed by atoms with Crippen LogP contribution in [0.2, 0.25) is 5.02 Å². The summed E-state index contributed by atoms with van der Waals surface area (Å²) in [7, 11) is 3.41. The summed E-state index contributed by atoms with van der Waals surface area (Å²) >= 11 is 6.46. The monoisotopic (exact) mass is 464 g/mol. The second-order valence-corrected chi connectivity index (χ2v) is 8.30. The van der Waals surface area contributed by atoms with E-state index in [9.17, 15) is 4.79 Å². The lowest BCUT2D eigenvalue weighted by Gasteiger charge is -2.34. The van der Waals surface area contributed by atoms with E-state index in [-0.39, 0.29) is 18.1 Å². The van der Waals surface area contributed by atoms with Gasteiger partial charge in [0, 0.05) is 36.5 Å². The van der Waals surface area contributed by atoms with E-state index in [1.807, 2.05) is 33.9 Å². The standard InChI is InChI=1S/C23H33ClN4O4/c1-7-28(20-12-31-13-21(20)32-8-2)19-10-16(24)9-17(14(19)3)22(29)25-11-18-15(4)26-27(5)23(18)30-6/h9-10,20-21H,7-8,11-13H2,1-6H3,(H,25,29). The Labute approximate surface area is 194 Å². The molecule has 1 aliphatic rings. The minimum Gasteiger partial charge on any atom is -0.481 e. The number of carbonyl (C=O) groups is 1. The fraction of sp³-hybridized carbons (Fsp3) is 0.565. The number of hydrogen-bond acceptors (Lipinski definition) is 6. The number of nitrogens with zero attached hydrogens (tertiary/aromatic N) is 3. The largest absolute Gasteiger partial charge is 0.481 e. The van der Waals surface area contributed by atoms with Crippen molar-refractivity contribution >= 4 is 23.2 Å². The average molecular weight is 465 g/mol. The number of ether oxygens (including phenoxy) is 3. The molecule has 9 heteroatoms. The number of halogens is 1. The number of aryl methyl sites for hydroxylation is 2. The number of methoxy groups -OCH3 is 1. The number of carbonyl (C=O) groups excluding carboxylic acids is 1. The van der Waals surface area contributed by atoms with Crippen LogP contribution in [0, 0.1) is 13.8 Å². The van der Waals surface area contributed by atoms with Crippen LogP contribution in [0.4, 0.5) is 5.69 Å². The molecule has 1 N–H and O–H groups in total. The zero-order valence-electron chi connectivity index (χ0n) is 19.7. The summed E-state index contributed by atoms with van der Waals surface area (Å²) < 4.78 is 18.7. The first-order valence-corrected chi connectivity index (χ1v) is 11.3. The molecular weight excluding hydrogens is 432 g/mol. The fourth-order valence-corrected chi connectivity index (χ4v) is 4.59. The lowest BCUT2D eigenvalue weighted by atomic mass is 10.0. The number of aromatic nitrogens is 2. The maximum absolute atomic E-state index is 13.2. The molecule has 1 aromatic carbocycles. The summed E-state index contributed by atoms with van der Waals surface area (Å²) in [5.41, 5.74) is 3.99. The van der Waals surface area contributed by atoms with Crippen LogP contribution < -0.4 is 15.0 Å². The molecular formula is C23H33ClN4O4. The van der Waals surface area contributed by atoms with E-state index >= 15 is 0 Å². The average Bonchev–Trinajstić information content (AvgIpc) is 3.32. The van der Waals surface area contributed by atoms with Crippen LogP contribution in [0.15, 0.2) is 12.1 Å². The highest BCUT2D eigenvalue weighted by Gasteiger charge is 2.34. The van der Waals surface area contributed by atoms with E-state index in [4.69, 9.17) is 25.8 Å². The second-order valence-electron chi connectivity index (χ2n) is 7.86. The van der Waals surface area contributed by atoms with Crippen molar-refractivity contribution in [3.63, 3.8) is 0 Å². The van der Waals surface area contributed by atoms with Gasteiger partial charge in [-0.1, -0.05) is 11.6 Å². The molecule has 0 saturated carbocycles. The third-order valence-corrected chi connectivity index (χ3v) is 6.15. The van der Waals surface area contributed by atoms with Gasteiger partial charge in [-0.25, -0.2) is 4.68 Å². The summed E-state index contributed by atoms with van der Waals surface area (Å²) in [5, 5.41) is 7.87. The van der Waals surface area contributed by atoms with Gasteiger partial charge in [-0.2, -0.15) is 5.10 Å². The van der Waals surface area contributed by atoms with E-state index in [1.54, 1.807) is 17.9 Å². The van der Waals surface area contributed by atoms with E-state index in [0.29, 0.717) is 42.8 Å². The highest BCUT2D eigenvalue weighted by atomic mass is 35.5. The van der Waals surface area contributed by atoms with E-state index < -0.39 is 0 Å². The third kappa shape index (κ3) is 4.87. The van der Waals surface area contributed by atoms with Gasteiger partial charge in [0.1, 0.15) is 6.10 Å². The van der Waals surface area contributed by atoms with Gasteiger partial charge >= 0.3 is 0 Å². The van der Waals surface area contributed by atoms with Crippen molar-refractivity contribution in [1.29, 1.82) is 0 Å². The van der Waals surface area contributed by atoms with Crippen LogP contribution in [-0.4, -0.2) is 61.3 Å². The molecule has 2 heterocycles. The summed E-state index contributed by atoms with van der Waals surface area (Å²) in [4.78, 5) is 15.4. The highest BCUT2D eigenvalue weighted by Crippen LogP contribution is 2.32. The number of likely N-dealkylation sites (N-methyl/N-ethyl adjacent to an activating group) is 1. The van der Waals surface area contributed by atoms with Gasteiger partial charge in [0.05, 0.1) is 44.2 Å². The predicted molar refractivity (Wildman–Crippen MR) is 125 cm³/mol. The van der Waals surface area contributed by atoms with Gasteiger partial charge in [-0.3, -0.25) is 4.79 Å². The normalized spacial score (nSPS) is 18.1. The van der Waals surface area contributed by atoms with Crippen LogP contribution in [-0.2, 0) is 23.1 Å². The quantitative estimate of drug-likeness (QED) is 0.613. The summed E-state index contributed by atoms with van der Waals surface area (Å²) in [6.45, 7) is 10.7. The number of amides is 1. The molecule has 3 rings (SSSR count). The molecule has 8 nitrogen and oxygen atoms in total. The van der Waals surface area contributed by atoms with Crippen molar-refractivity contribution in [2.45, 2.75) is 46.4 Å². The van der Waals surface area contributed by atoms with Crippen molar-refractivity contribution in [2.24, 2.45) is 7.05 Å². The molecule has 176 valence electrons. The summed E-state index contributed by atoms with van der Waals surface area (Å²) in [5.74, 6) is 0.434. The number of benzene rings is 1. The molecule has 1 aliphatic heterocycles. The molecule has 1 aromatic heterocycles. The molecule has 0 aliphatic carbocycles. The third-order valence-electron chi connectivity index (χ3n) is 5.93. The van der Waals surface area contributed by atoms with Crippen molar-refractivity contribution < 1.29 is 19.0 Å². The molecule has 2 unspecified atom stereocenters. The number of rotatable bonds is 9. The minimum absolute atomic E-state index is 0.0170. The van der Waals surface area contributed by atoms with Gasteiger partial charge in [-0.15, -0.1) is 0 Å². The highest BCUT2D eigenvalue weighted by molar-refractivity contribution is 6.31. The maximum atomic E-state index is 13.2. The molecule has 1 fully saturated rings. The van der Waals surface area contributed by atoms with Crippen LogP contribution in [0.25, 0.3) is 0 Å². The SMILES string of the molecule is CCOC1COCC1N(CC)c1cc(Cl)cc(C(=O)NCc2c(C)nn(C)c2OC)c1C. The molecule has 1 amide bonds. The topological polar surface area (TPSA) is 77.9 Å². The Morgan fingerprint density at radius 3 is 2.75 bits per heavy atom. The zero-order valence-corrected chi connectivity index (χ0v) is 20.5. The van der Waals surface area contributed by atoms with Crippen LogP contribution in [0.5, 0.6) is 5.88 Å². The number of nitrogens with one attached hydrogen (secondary N) is 1. The summed E-state index contributed by atoms with van der Waals surface area (Å²) in [6, 6.07) is 3.69.